The molecular formula is C10H16N2O3. The van der Waals surface area contributed by atoms with E-state index in [4.69, 9.17) is 16.6 Å². The van der Waals surface area contributed by atoms with Crippen molar-refractivity contribution in [2.24, 2.45) is 17.4 Å². The highest BCUT2D eigenvalue weighted by molar-refractivity contribution is 5.95. The van der Waals surface area contributed by atoms with Gasteiger partial charge in [-0.3, -0.25) is 9.59 Å². The van der Waals surface area contributed by atoms with Gasteiger partial charge < -0.3 is 16.6 Å². The van der Waals surface area contributed by atoms with Gasteiger partial charge in [0.2, 0.25) is 0 Å². The molecule has 2 unspecified atom stereocenters. The van der Waals surface area contributed by atoms with Crippen LogP contribution in [0.1, 0.15) is 19.8 Å². The number of Topliss-reactive ketones (excluding diaryl/α,β-unsaturated/α-hetero) is 1. The average molecular weight is 212 g/mol. The van der Waals surface area contributed by atoms with Gasteiger partial charge >= 0.3 is 5.97 Å². The Kier molecular flexibility index (Phi) is 2.97. The smallest absolute Gasteiger partial charge is 0.324 e. The number of carbonyl (C=O) groups is 2. The van der Waals surface area contributed by atoms with E-state index < -0.39 is 23.5 Å². The number of nitrogens with two attached hydrogens (primary N) is 2. The van der Waals surface area contributed by atoms with Crippen LogP contribution >= 0.6 is 0 Å². The van der Waals surface area contributed by atoms with E-state index in [2.05, 4.69) is 6.58 Å². The Morgan fingerprint density at radius 3 is 2.60 bits per heavy atom. The van der Waals surface area contributed by atoms with E-state index in [9.17, 15) is 9.59 Å². The first-order chi connectivity index (χ1) is 6.79. The maximum atomic E-state index is 11.7. The summed E-state index contributed by atoms with van der Waals surface area (Å²) in [6.45, 7) is 5.22. The third-order valence-electron chi connectivity index (χ3n) is 2.85. The van der Waals surface area contributed by atoms with Crippen molar-refractivity contribution in [1.29, 1.82) is 0 Å². The van der Waals surface area contributed by atoms with Gasteiger partial charge in [0.1, 0.15) is 5.54 Å². The van der Waals surface area contributed by atoms with Crippen LogP contribution in [0.4, 0.5) is 0 Å². The van der Waals surface area contributed by atoms with Crippen molar-refractivity contribution in [2.45, 2.75) is 31.3 Å². The summed E-state index contributed by atoms with van der Waals surface area (Å²) in [4.78, 5) is 22.7. The lowest BCUT2D eigenvalue weighted by Gasteiger charge is -2.26. The van der Waals surface area contributed by atoms with E-state index in [1.807, 2.05) is 0 Å². The molecule has 1 fully saturated rings. The van der Waals surface area contributed by atoms with Crippen LogP contribution in [0, 0.1) is 5.92 Å². The maximum Gasteiger partial charge on any atom is 0.324 e. The Hall–Kier alpha value is -1.20. The molecule has 0 aromatic carbocycles. The summed E-state index contributed by atoms with van der Waals surface area (Å²) in [7, 11) is 0. The second kappa shape index (κ2) is 3.75. The summed E-state index contributed by atoms with van der Waals surface area (Å²) in [5, 5.41) is 9.03. The van der Waals surface area contributed by atoms with Crippen LogP contribution in [0.15, 0.2) is 12.2 Å². The van der Waals surface area contributed by atoms with Crippen molar-refractivity contribution in [2.75, 3.05) is 0 Å². The summed E-state index contributed by atoms with van der Waals surface area (Å²) in [6, 6.07) is -0.692. The lowest BCUT2D eigenvalue weighted by molar-refractivity contribution is -0.147. The molecule has 0 aliphatic heterocycles. The summed E-state index contributed by atoms with van der Waals surface area (Å²) in [6.07, 6.45) is 0.467. The third kappa shape index (κ3) is 1.93. The van der Waals surface area contributed by atoms with Crippen molar-refractivity contribution in [3.8, 4) is 0 Å². The number of carboxylic acids is 1. The predicted molar refractivity (Wildman–Crippen MR) is 55.1 cm³/mol. The van der Waals surface area contributed by atoms with E-state index >= 15 is 0 Å². The van der Waals surface area contributed by atoms with E-state index in [-0.39, 0.29) is 12.2 Å². The van der Waals surface area contributed by atoms with Crippen molar-refractivity contribution in [3.05, 3.63) is 12.2 Å². The zero-order valence-corrected chi connectivity index (χ0v) is 8.69. The molecule has 15 heavy (non-hydrogen) atoms. The van der Waals surface area contributed by atoms with Gasteiger partial charge in [0, 0.05) is 0 Å². The molecule has 5 heteroatoms. The number of carbonyl (C=O) groups excluding carboxylic acids is 1. The quantitative estimate of drug-likeness (QED) is 0.554. The zero-order valence-electron chi connectivity index (χ0n) is 8.69. The Morgan fingerprint density at radius 2 is 2.20 bits per heavy atom. The molecule has 0 aromatic heterocycles. The van der Waals surface area contributed by atoms with Crippen molar-refractivity contribution < 1.29 is 14.7 Å². The minimum Gasteiger partial charge on any atom is -0.480 e. The highest BCUT2D eigenvalue weighted by Gasteiger charge is 2.51. The molecule has 1 aliphatic carbocycles. The largest absolute Gasteiger partial charge is 0.480 e. The summed E-state index contributed by atoms with van der Waals surface area (Å²) < 4.78 is 0. The van der Waals surface area contributed by atoms with Gasteiger partial charge in [0.25, 0.3) is 0 Å². The number of hydrogen-bond acceptors (Lipinski definition) is 4. The molecule has 0 saturated heterocycles. The van der Waals surface area contributed by atoms with Crippen molar-refractivity contribution >= 4 is 11.8 Å². The molecular weight excluding hydrogens is 196 g/mol. The molecule has 5 N–H and O–H groups in total. The van der Waals surface area contributed by atoms with Crippen LogP contribution in [0.5, 0.6) is 0 Å². The number of ketones is 1. The van der Waals surface area contributed by atoms with E-state index in [1.165, 1.54) is 6.92 Å². The third-order valence-corrected chi connectivity index (χ3v) is 2.85. The normalized spacial score (nSPS) is 32.7. The fraction of sp³-hybridized carbons (Fsp3) is 0.600. The first-order valence-corrected chi connectivity index (χ1v) is 4.77. The fourth-order valence-corrected chi connectivity index (χ4v) is 1.98. The van der Waals surface area contributed by atoms with Crippen molar-refractivity contribution in [3.63, 3.8) is 0 Å². The number of hydrogen-bond donors (Lipinski definition) is 3. The number of aliphatic carboxylic acids is 1. The summed E-state index contributed by atoms with van der Waals surface area (Å²) >= 11 is 0. The zero-order chi connectivity index (χ0) is 11.8. The SMILES string of the molecule is C=C1CC(C(=O)[C@H](C)N)C(N)(C(=O)O)C1. The summed E-state index contributed by atoms with van der Waals surface area (Å²) in [5.74, 6) is -2.22. The molecule has 1 aliphatic rings. The van der Waals surface area contributed by atoms with Gasteiger partial charge in [-0.15, -0.1) is 0 Å². The first-order valence-electron chi connectivity index (χ1n) is 4.77. The Bertz CT molecular complexity index is 325. The van der Waals surface area contributed by atoms with Gasteiger partial charge in [-0.1, -0.05) is 12.2 Å². The molecule has 1 saturated carbocycles. The molecule has 0 aromatic rings. The van der Waals surface area contributed by atoms with Crippen LogP contribution in [-0.2, 0) is 9.59 Å². The topological polar surface area (TPSA) is 106 Å². The minimum atomic E-state index is -1.53. The second-order valence-corrected chi connectivity index (χ2v) is 4.22. The maximum absolute atomic E-state index is 11.7. The van der Waals surface area contributed by atoms with E-state index in [0.29, 0.717) is 12.0 Å². The first kappa shape index (κ1) is 11.9. The predicted octanol–water partition coefficient (Wildman–Crippen LogP) is -0.349. The van der Waals surface area contributed by atoms with Crippen LogP contribution in [-0.4, -0.2) is 28.4 Å². The Balaban J connectivity index is 3.01. The number of carboxylic acid groups (broad SMARTS) is 1. The molecule has 0 amide bonds. The van der Waals surface area contributed by atoms with Gasteiger partial charge in [-0.25, -0.2) is 0 Å². The highest BCUT2D eigenvalue weighted by atomic mass is 16.4. The molecule has 0 bridgehead atoms. The van der Waals surface area contributed by atoms with E-state index in [1.54, 1.807) is 0 Å². The Labute approximate surface area is 88.1 Å². The molecule has 1 rings (SSSR count). The molecule has 5 nitrogen and oxygen atoms in total. The molecule has 3 atom stereocenters. The van der Waals surface area contributed by atoms with Crippen LogP contribution in [0.3, 0.4) is 0 Å². The molecule has 0 radical (unpaired) electrons. The van der Waals surface area contributed by atoms with Crippen LogP contribution in [0.25, 0.3) is 0 Å². The number of rotatable bonds is 3. The van der Waals surface area contributed by atoms with Crippen LogP contribution < -0.4 is 11.5 Å². The van der Waals surface area contributed by atoms with Gasteiger partial charge in [-0.05, 0) is 19.8 Å². The Morgan fingerprint density at radius 1 is 1.67 bits per heavy atom. The molecule has 0 heterocycles. The summed E-state index contributed by atoms with van der Waals surface area (Å²) in [5.41, 5.74) is 10.4. The lowest BCUT2D eigenvalue weighted by Crippen LogP contribution is -2.55. The highest BCUT2D eigenvalue weighted by Crippen LogP contribution is 2.38. The lowest BCUT2D eigenvalue weighted by atomic mass is 9.83. The van der Waals surface area contributed by atoms with Crippen molar-refractivity contribution in [1.82, 2.24) is 0 Å². The van der Waals surface area contributed by atoms with Gasteiger partial charge in [0.05, 0.1) is 12.0 Å². The molecule has 0 spiro atoms. The van der Waals surface area contributed by atoms with Gasteiger partial charge in [-0.2, -0.15) is 0 Å². The molecule has 84 valence electrons. The average Bonchev–Trinajstić information content (AvgIpc) is 2.41. The monoisotopic (exact) mass is 212 g/mol. The van der Waals surface area contributed by atoms with Gasteiger partial charge in [0.15, 0.2) is 5.78 Å². The van der Waals surface area contributed by atoms with Crippen LogP contribution in [0.2, 0.25) is 0 Å². The second-order valence-electron chi connectivity index (χ2n) is 4.22. The fourth-order valence-electron chi connectivity index (χ4n) is 1.98. The minimum absolute atomic E-state index is 0.144. The standard InChI is InChI=1S/C10H16N2O3/c1-5-3-7(8(13)6(2)11)10(12,4-5)9(14)15/h6-7H,1,3-4,11-12H2,2H3,(H,14,15)/t6-,7?,10?/m0/s1. The van der Waals surface area contributed by atoms with E-state index in [0.717, 1.165) is 0 Å².